The first-order chi connectivity index (χ1) is 7.41. The zero-order valence-electron chi connectivity index (χ0n) is 8.92. The van der Waals surface area contributed by atoms with Gasteiger partial charge in [0.25, 0.3) is 0 Å². The van der Waals surface area contributed by atoms with Gasteiger partial charge in [-0.05, 0) is 6.42 Å². The summed E-state index contributed by atoms with van der Waals surface area (Å²) in [5, 5.41) is 3.01. The molecule has 0 aromatic rings. The van der Waals surface area contributed by atoms with Crippen molar-refractivity contribution in [1.82, 2.24) is 9.62 Å². The van der Waals surface area contributed by atoms with Crippen LogP contribution < -0.4 is 5.32 Å². The summed E-state index contributed by atoms with van der Waals surface area (Å²) in [5.74, 6) is 0.146. The minimum absolute atomic E-state index is 0.0216. The Morgan fingerprint density at radius 1 is 1.06 bits per heavy atom. The van der Waals surface area contributed by atoms with Gasteiger partial charge in [0.2, 0.25) is 10.0 Å². The monoisotopic (exact) mass is 268 g/mol. The highest BCUT2D eigenvalue weighted by atomic mass is 32.2. The van der Waals surface area contributed by atoms with Gasteiger partial charge >= 0.3 is 0 Å². The molecule has 2 aliphatic heterocycles. The third-order valence-corrected chi connectivity index (χ3v) is 6.68. The third kappa shape index (κ3) is 2.55. The summed E-state index contributed by atoms with van der Waals surface area (Å²) in [6.45, 7) is 1.41. The second-order valence-electron chi connectivity index (χ2n) is 4.23. The molecule has 8 heteroatoms. The summed E-state index contributed by atoms with van der Waals surface area (Å²) >= 11 is 0. The standard InChI is InChI=1S/C8H16N2O4S2/c11-15(12)5-1-8(7-15)10-4-2-9-3-6-16(10,13)14/h8-9H,1-7H2. The quantitative estimate of drug-likeness (QED) is 0.620. The van der Waals surface area contributed by atoms with Crippen LogP contribution in [0.3, 0.4) is 0 Å². The summed E-state index contributed by atoms with van der Waals surface area (Å²) in [6, 6.07) is -0.352. The van der Waals surface area contributed by atoms with Crippen molar-refractivity contribution in [3.63, 3.8) is 0 Å². The molecule has 2 fully saturated rings. The molecule has 1 N–H and O–H groups in total. The maximum absolute atomic E-state index is 11.9. The van der Waals surface area contributed by atoms with Gasteiger partial charge < -0.3 is 5.32 Å². The molecule has 0 radical (unpaired) electrons. The van der Waals surface area contributed by atoms with E-state index in [1.54, 1.807) is 0 Å². The molecule has 0 aromatic heterocycles. The zero-order chi connectivity index (χ0) is 11.8. The van der Waals surface area contributed by atoms with E-state index in [9.17, 15) is 16.8 Å². The molecule has 94 valence electrons. The molecule has 0 aliphatic carbocycles. The molecule has 0 saturated carbocycles. The first-order valence-electron chi connectivity index (χ1n) is 5.31. The maximum atomic E-state index is 11.9. The second kappa shape index (κ2) is 4.25. The Hall–Kier alpha value is -0.180. The maximum Gasteiger partial charge on any atom is 0.215 e. The highest BCUT2D eigenvalue weighted by Gasteiger charge is 2.38. The highest BCUT2D eigenvalue weighted by molar-refractivity contribution is 7.92. The van der Waals surface area contributed by atoms with Gasteiger partial charge in [0, 0.05) is 25.7 Å². The fourth-order valence-electron chi connectivity index (χ4n) is 2.18. The number of hydrogen-bond donors (Lipinski definition) is 1. The number of nitrogens with zero attached hydrogens (tertiary/aromatic N) is 1. The lowest BCUT2D eigenvalue weighted by Crippen LogP contribution is -2.42. The van der Waals surface area contributed by atoms with Gasteiger partial charge in [0.1, 0.15) is 0 Å². The lowest BCUT2D eigenvalue weighted by molar-refractivity contribution is 0.348. The van der Waals surface area contributed by atoms with Crippen molar-refractivity contribution >= 4 is 19.9 Å². The Labute approximate surface area is 96.0 Å². The summed E-state index contributed by atoms with van der Waals surface area (Å²) in [6.07, 6.45) is 0.432. The smallest absolute Gasteiger partial charge is 0.215 e. The number of hydrogen-bond acceptors (Lipinski definition) is 5. The van der Waals surface area contributed by atoms with Gasteiger partial charge in [-0.15, -0.1) is 0 Å². The van der Waals surface area contributed by atoms with Crippen molar-refractivity contribution < 1.29 is 16.8 Å². The molecule has 6 nitrogen and oxygen atoms in total. The van der Waals surface area contributed by atoms with Gasteiger partial charge in [0.05, 0.1) is 17.3 Å². The Bertz CT molecular complexity index is 456. The molecule has 0 amide bonds. The summed E-state index contributed by atoms with van der Waals surface area (Å²) in [5.41, 5.74) is 0. The van der Waals surface area contributed by atoms with E-state index in [0.717, 1.165) is 0 Å². The molecule has 2 saturated heterocycles. The van der Waals surface area contributed by atoms with Crippen LogP contribution >= 0.6 is 0 Å². The van der Waals surface area contributed by atoms with Crippen LogP contribution in [0.4, 0.5) is 0 Å². The Morgan fingerprint density at radius 3 is 2.44 bits per heavy atom. The SMILES string of the molecule is O=S1(=O)CCC(N2CCNCCS2(=O)=O)C1. The molecule has 1 unspecified atom stereocenters. The van der Waals surface area contributed by atoms with E-state index in [2.05, 4.69) is 5.32 Å². The van der Waals surface area contributed by atoms with E-state index < -0.39 is 19.9 Å². The van der Waals surface area contributed by atoms with Gasteiger partial charge in [-0.3, -0.25) is 0 Å². The van der Waals surface area contributed by atoms with Crippen molar-refractivity contribution in [3.05, 3.63) is 0 Å². The van der Waals surface area contributed by atoms with Crippen LogP contribution in [0.2, 0.25) is 0 Å². The van der Waals surface area contributed by atoms with E-state index in [0.29, 0.717) is 26.1 Å². The van der Waals surface area contributed by atoms with Gasteiger partial charge in [-0.2, -0.15) is 4.31 Å². The molecule has 0 spiro atoms. The lowest BCUT2D eigenvalue weighted by Gasteiger charge is -2.24. The fraction of sp³-hybridized carbons (Fsp3) is 1.00. The number of nitrogens with one attached hydrogen (secondary N) is 1. The van der Waals surface area contributed by atoms with E-state index in [4.69, 9.17) is 0 Å². The van der Waals surface area contributed by atoms with Crippen LogP contribution in [0.1, 0.15) is 6.42 Å². The molecule has 16 heavy (non-hydrogen) atoms. The third-order valence-electron chi connectivity index (χ3n) is 3.02. The highest BCUT2D eigenvalue weighted by Crippen LogP contribution is 2.21. The average molecular weight is 268 g/mol. The van der Waals surface area contributed by atoms with Crippen LogP contribution in [0, 0.1) is 0 Å². The first kappa shape index (κ1) is 12.3. The average Bonchev–Trinajstić information content (AvgIpc) is 2.40. The normalized spacial score (nSPS) is 34.6. The van der Waals surface area contributed by atoms with Crippen LogP contribution in [-0.2, 0) is 19.9 Å². The Kier molecular flexibility index (Phi) is 3.26. The van der Waals surface area contributed by atoms with Crippen LogP contribution in [0.5, 0.6) is 0 Å². The van der Waals surface area contributed by atoms with Crippen LogP contribution in [0.15, 0.2) is 0 Å². The number of sulfonamides is 1. The van der Waals surface area contributed by atoms with E-state index >= 15 is 0 Å². The predicted octanol–water partition coefficient (Wildman–Crippen LogP) is -1.59. The minimum Gasteiger partial charge on any atom is -0.314 e. The molecule has 0 aromatic carbocycles. The summed E-state index contributed by atoms with van der Waals surface area (Å²) in [7, 11) is -6.32. The number of rotatable bonds is 1. The van der Waals surface area contributed by atoms with Crippen molar-refractivity contribution in [1.29, 1.82) is 0 Å². The van der Waals surface area contributed by atoms with Gasteiger partial charge in [-0.25, -0.2) is 16.8 Å². The number of sulfone groups is 1. The molecule has 0 bridgehead atoms. The molecule has 2 rings (SSSR count). The molecule has 2 aliphatic rings. The molecular weight excluding hydrogens is 252 g/mol. The Morgan fingerprint density at radius 2 is 1.81 bits per heavy atom. The molecular formula is C8H16N2O4S2. The lowest BCUT2D eigenvalue weighted by atomic mass is 10.2. The molecule has 2 heterocycles. The van der Waals surface area contributed by atoms with Crippen LogP contribution in [0.25, 0.3) is 0 Å². The van der Waals surface area contributed by atoms with E-state index in [-0.39, 0.29) is 23.3 Å². The zero-order valence-corrected chi connectivity index (χ0v) is 10.6. The van der Waals surface area contributed by atoms with Crippen LogP contribution in [-0.4, -0.2) is 64.1 Å². The fourth-order valence-corrected chi connectivity index (χ4v) is 5.65. The first-order valence-corrected chi connectivity index (χ1v) is 8.74. The van der Waals surface area contributed by atoms with Gasteiger partial charge in [-0.1, -0.05) is 0 Å². The minimum atomic E-state index is -3.29. The predicted molar refractivity (Wildman–Crippen MR) is 60.4 cm³/mol. The summed E-state index contributed by atoms with van der Waals surface area (Å²) in [4.78, 5) is 0. The molecule has 1 atom stereocenters. The van der Waals surface area contributed by atoms with Crippen molar-refractivity contribution in [2.45, 2.75) is 12.5 Å². The van der Waals surface area contributed by atoms with Crippen molar-refractivity contribution in [2.75, 3.05) is 36.9 Å². The van der Waals surface area contributed by atoms with E-state index in [1.165, 1.54) is 4.31 Å². The Balaban J connectivity index is 2.19. The van der Waals surface area contributed by atoms with Crippen molar-refractivity contribution in [2.24, 2.45) is 0 Å². The second-order valence-corrected chi connectivity index (χ2v) is 8.50. The largest absolute Gasteiger partial charge is 0.314 e. The topological polar surface area (TPSA) is 83.6 Å². The van der Waals surface area contributed by atoms with Crippen molar-refractivity contribution in [3.8, 4) is 0 Å². The van der Waals surface area contributed by atoms with Gasteiger partial charge in [0.15, 0.2) is 9.84 Å². The summed E-state index contributed by atoms with van der Waals surface area (Å²) < 4.78 is 47.8. The van der Waals surface area contributed by atoms with E-state index in [1.807, 2.05) is 0 Å².